The maximum Gasteiger partial charge on any atom is 0.191 e. The molecule has 2 aromatic heterocycles. The molecule has 0 bridgehead atoms. The number of guanidine groups is 1. The lowest BCUT2D eigenvalue weighted by atomic mass is 10.2. The van der Waals surface area contributed by atoms with E-state index in [4.69, 9.17) is 4.74 Å². The van der Waals surface area contributed by atoms with Crippen molar-refractivity contribution in [2.45, 2.75) is 52.5 Å². The van der Waals surface area contributed by atoms with Crippen LogP contribution in [0.5, 0.6) is 0 Å². The average Bonchev–Trinajstić information content (AvgIpc) is 3.16. The molecule has 1 aliphatic heterocycles. The van der Waals surface area contributed by atoms with Crippen molar-refractivity contribution in [3.8, 4) is 0 Å². The first-order valence-electron chi connectivity index (χ1n) is 9.94. The summed E-state index contributed by atoms with van der Waals surface area (Å²) >= 11 is 1.85. The van der Waals surface area contributed by atoms with Crippen LogP contribution in [0.3, 0.4) is 0 Å². The third kappa shape index (κ3) is 5.69. The highest BCUT2D eigenvalue weighted by Gasteiger charge is 2.22. The zero-order valence-electron chi connectivity index (χ0n) is 17.2. The van der Waals surface area contributed by atoms with Gasteiger partial charge in [-0.25, -0.2) is 4.98 Å². The highest BCUT2D eigenvalue weighted by atomic mass is 32.1. The van der Waals surface area contributed by atoms with E-state index in [1.807, 2.05) is 17.5 Å². The summed E-state index contributed by atoms with van der Waals surface area (Å²) in [5.74, 6) is 1.81. The van der Waals surface area contributed by atoms with E-state index in [2.05, 4.69) is 70.5 Å². The van der Waals surface area contributed by atoms with Crippen LogP contribution in [0.2, 0.25) is 0 Å². The third-order valence-electron chi connectivity index (χ3n) is 4.73. The van der Waals surface area contributed by atoms with E-state index < -0.39 is 0 Å². The smallest absolute Gasteiger partial charge is 0.191 e. The van der Waals surface area contributed by atoms with Crippen molar-refractivity contribution in [3.63, 3.8) is 0 Å². The Bertz CT molecular complexity index is 763. The van der Waals surface area contributed by atoms with E-state index in [0.29, 0.717) is 6.54 Å². The molecule has 28 heavy (non-hydrogen) atoms. The van der Waals surface area contributed by atoms with Crippen molar-refractivity contribution in [3.05, 3.63) is 45.8 Å². The standard InChI is InChI=1S/C21H31N5OS/c1-5-18-7-8-19(28-18)12-25-21(22-4)24-11-17-6-9-20(23-10-17)26-13-15(2)27-16(3)14-26/h6-10,15-16H,5,11-14H2,1-4H3,(H2,22,24,25). The Morgan fingerprint density at radius 2 is 1.86 bits per heavy atom. The quantitative estimate of drug-likeness (QED) is 0.575. The summed E-state index contributed by atoms with van der Waals surface area (Å²) in [5, 5.41) is 6.73. The molecule has 0 saturated carbocycles. The second kappa shape index (κ2) is 9.89. The van der Waals surface area contributed by atoms with E-state index in [0.717, 1.165) is 43.4 Å². The van der Waals surface area contributed by atoms with E-state index in [1.54, 1.807) is 7.05 Å². The predicted octanol–water partition coefficient (Wildman–Crippen LogP) is 3.18. The van der Waals surface area contributed by atoms with Gasteiger partial charge in [0.1, 0.15) is 5.82 Å². The van der Waals surface area contributed by atoms with Crippen LogP contribution in [-0.2, 0) is 24.2 Å². The van der Waals surface area contributed by atoms with Gasteiger partial charge in [0, 0.05) is 42.6 Å². The van der Waals surface area contributed by atoms with Gasteiger partial charge in [0.15, 0.2) is 5.96 Å². The fourth-order valence-electron chi connectivity index (χ4n) is 3.36. The Morgan fingerprint density at radius 1 is 1.14 bits per heavy atom. The molecule has 0 amide bonds. The number of anilines is 1. The van der Waals surface area contributed by atoms with Crippen LogP contribution >= 0.6 is 11.3 Å². The molecule has 0 spiro atoms. The highest BCUT2D eigenvalue weighted by molar-refractivity contribution is 7.11. The number of morpholine rings is 1. The number of ether oxygens (including phenoxy) is 1. The zero-order chi connectivity index (χ0) is 19.9. The Kier molecular flexibility index (Phi) is 7.28. The first-order valence-corrected chi connectivity index (χ1v) is 10.8. The number of thiophene rings is 1. The van der Waals surface area contributed by atoms with Crippen molar-refractivity contribution >= 4 is 23.1 Å². The van der Waals surface area contributed by atoms with Gasteiger partial charge >= 0.3 is 0 Å². The maximum atomic E-state index is 5.80. The van der Waals surface area contributed by atoms with Crippen molar-refractivity contribution in [2.24, 2.45) is 4.99 Å². The number of pyridine rings is 1. The second-order valence-electron chi connectivity index (χ2n) is 7.19. The zero-order valence-corrected chi connectivity index (χ0v) is 18.1. The molecule has 2 N–H and O–H groups in total. The number of nitrogens with zero attached hydrogens (tertiary/aromatic N) is 3. The maximum absolute atomic E-state index is 5.80. The molecule has 2 unspecified atom stereocenters. The lowest BCUT2D eigenvalue weighted by molar-refractivity contribution is -0.00545. The summed E-state index contributed by atoms with van der Waals surface area (Å²) in [6.07, 6.45) is 3.49. The van der Waals surface area contributed by atoms with E-state index in [9.17, 15) is 0 Å². The molecule has 152 valence electrons. The minimum absolute atomic E-state index is 0.234. The molecule has 0 radical (unpaired) electrons. The fourth-order valence-corrected chi connectivity index (χ4v) is 4.26. The Labute approximate surface area is 172 Å². The van der Waals surface area contributed by atoms with Crippen molar-refractivity contribution in [1.29, 1.82) is 0 Å². The number of hydrogen-bond donors (Lipinski definition) is 2. The monoisotopic (exact) mass is 401 g/mol. The molecular weight excluding hydrogens is 370 g/mol. The third-order valence-corrected chi connectivity index (χ3v) is 5.96. The number of aryl methyl sites for hydroxylation is 1. The molecule has 7 heteroatoms. The van der Waals surface area contributed by atoms with Gasteiger partial charge in [-0.15, -0.1) is 11.3 Å². The number of nitrogens with one attached hydrogen (secondary N) is 2. The molecule has 2 aromatic rings. The SMILES string of the molecule is CCc1ccc(CNC(=NC)NCc2ccc(N3CC(C)OC(C)C3)nc2)s1. The molecule has 6 nitrogen and oxygen atoms in total. The normalized spacial score (nSPS) is 20.3. The van der Waals surface area contributed by atoms with Crippen LogP contribution in [-0.4, -0.2) is 43.3 Å². The van der Waals surface area contributed by atoms with Crippen LogP contribution in [0.1, 0.15) is 36.1 Å². The number of rotatable bonds is 6. The summed E-state index contributed by atoms with van der Waals surface area (Å²) in [6.45, 7) is 9.64. The second-order valence-corrected chi connectivity index (χ2v) is 8.44. The minimum Gasteiger partial charge on any atom is -0.372 e. The van der Waals surface area contributed by atoms with Gasteiger partial charge in [0.2, 0.25) is 0 Å². The first kappa shape index (κ1) is 20.6. The predicted molar refractivity (Wildman–Crippen MR) is 117 cm³/mol. The summed E-state index contributed by atoms with van der Waals surface area (Å²) < 4.78 is 5.80. The number of hydrogen-bond acceptors (Lipinski definition) is 5. The largest absolute Gasteiger partial charge is 0.372 e. The van der Waals surface area contributed by atoms with E-state index in [-0.39, 0.29) is 12.2 Å². The number of aromatic nitrogens is 1. The lowest BCUT2D eigenvalue weighted by Crippen LogP contribution is -2.45. The Hall–Kier alpha value is -2.12. The van der Waals surface area contributed by atoms with Gasteiger partial charge in [-0.1, -0.05) is 13.0 Å². The van der Waals surface area contributed by atoms with E-state index in [1.165, 1.54) is 9.75 Å². The molecular formula is C21H31N5OS. The van der Waals surface area contributed by atoms with Gasteiger partial charge in [0.05, 0.1) is 18.8 Å². The van der Waals surface area contributed by atoms with E-state index >= 15 is 0 Å². The lowest BCUT2D eigenvalue weighted by Gasteiger charge is -2.36. The van der Waals surface area contributed by atoms with Crippen molar-refractivity contribution in [2.75, 3.05) is 25.0 Å². The minimum atomic E-state index is 0.234. The molecule has 1 saturated heterocycles. The van der Waals surface area contributed by atoms with Crippen LogP contribution in [0.25, 0.3) is 0 Å². The summed E-state index contributed by atoms with van der Waals surface area (Å²) in [4.78, 5) is 14.0. The molecule has 3 rings (SSSR count). The molecule has 2 atom stereocenters. The molecule has 0 aromatic carbocycles. The average molecular weight is 402 g/mol. The number of aliphatic imine (C=N–C) groups is 1. The molecule has 0 aliphatic carbocycles. The first-order chi connectivity index (χ1) is 13.6. The van der Waals surface area contributed by atoms with Crippen LogP contribution < -0.4 is 15.5 Å². The fraction of sp³-hybridized carbons (Fsp3) is 0.524. The van der Waals surface area contributed by atoms with Crippen molar-refractivity contribution in [1.82, 2.24) is 15.6 Å². The van der Waals surface area contributed by atoms with Gasteiger partial charge in [-0.3, -0.25) is 4.99 Å². The molecule has 1 aliphatic rings. The van der Waals surface area contributed by atoms with Crippen LogP contribution in [0.15, 0.2) is 35.5 Å². The van der Waals surface area contributed by atoms with Crippen LogP contribution in [0.4, 0.5) is 5.82 Å². The van der Waals surface area contributed by atoms with Gasteiger partial charge < -0.3 is 20.3 Å². The van der Waals surface area contributed by atoms with Gasteiger partial charge in [-0.2, -0.15) is 0 Å². The van der Waals surface area contributed by atoms with Gasteiger partial charge in [0.25, 0.3) is 0 Å². The summed E-state index contributed by atoms with van der Waals surface area (Å²) in [6, 6.07) is 8.59. The summed E-state index contributed by atoms with van der Waals surface area (Å²) in [7, 11) is 1.79. The summed E-state index contributed by atoms with van der Waals surface area (Å²) in [5.41, 5.74) is 1.13. The molecule has 3 heterocycles. The Balaban J connectivity index is 1.49. The Morgan fingerprint density at radius 3 is 2.46 bits per heavy atom. The molecule has 1 fully saturated rings. The van der Waals surface area contributed by atoms with Crippen molar-refractivity contribution < 1.29 is 4.74 Å². The van der Waals surface area contributed by atoms with Gasteiger partial charge in [-0.05, 0) is 44.0 Å². The van der Waals surface area contributed by atoms with Crippen LogP contribution in [0, 0.1) is 0 Å². The topological polar surface area (TPSA) is 61.8 Å². The highest BCUT2D eigenvalue weighted by Crippen LogP contribution is 2.18.